The SMILES string of the molecule is c1ccc(-c2nc(-c3ccncc3)nc(-c3ccncc3)n2)cc1. The maximum atomic E-state index is 4.63. The number of nitrogens with zero attached hydrogens (tertiary/aromatic N) is 5. The van der Waals surface area contributed by atoms with Crippen molar-refractivity contribution in [1.29, 1.82) is 0 Å². The van der Waals surface area contributed by atoms with Crippen molar-refractivity contribution in [2.75, 3.05) is 0 Å². The molecule has 0 atom stereocenters. The zero-order valence-electron chi connectivity index (χ0n) is 12.7. The molecular formula is C19H13N5. The minimum Gasteiger partial charge on any atom is -0.265 e. The van der Waals surface area contributed by atoms with E-state index >= 15 is 0 Å². The van der Waals surface area contributed by atoms with Crippen molar-refractivity contribution in [2.24, 2.45) is 0 Å². The second kappa shape index (κ2) is 6.34. The predicted octanol–water partition coefficient (Wildman–Crippen LogP) is 3.66. The van der Waals surface area contributed by atoms with E-state index in [1.807, 2.05) is 54.6 Å². The molecule has 0 bridgehead atoms. The number of pyridine rings is 2. The third kappa shape index (κ3) is 2.87. The van der Waals surface area contributed by atoms with Gasteiger partial charge in [0.25, 0.3) is 0 Å². The lowest BCUT2D eigenvalue weighted by atomic mass is 10.2. The van der Waals surface area contributed by atoms with E-state index in [9.17, 15) is 0 Å². The molecule has 0 unspecified atom stereocenters. The molecule has 3 heterocycles. The summed E-state index contributed by atoms with van der Waals surface area (Å²) in [5.74, 6) is 1.89. The fourth-order valence-corrected chi connectivity index (χ4v) is 2.35. The molecule has 0 aliphatic heterocycles. The average molecular weight is 311 g/mol. The molecule has 1 aromatic carbocycles. The molecule has 4 rings (SSSR count). The van der Waals surface area contributed by atoms with Crippen LogP contribution in [-0.2, 0) is 0 Å². The first kappa shape index (κ1) is 14.1. The van der Waals surface area contributed by atoms with Crippen LogP contribution in [-0.4, -0.2) is 24.9 Å². The third-order valence-corrected chi connectivity index (χ3v) is 3.54. The first-order valence-corrected chi connectivity index (χ1v) is 7.52. The zero-order chi connectivity index (χ0) is 16.2. The van der Waals surface area contributed by atoms with Crippen LogP contribution in [0.25, 0.3) is 34.2 Å². The van der Waals surface area contributed by atoms with Crippen molar-refractivity contribution >= 4 is 0 Å². The lowest BCUT2D eigenvalue weighted by Crippen LogP contribution is -2.00. The second-order valence-corrected chi connectivity index (χ2v) is 5.14. The van der Waals surface area contributed by atoms with E-state index in [1.54, 1.807) is 24.8 Å². The van der Waals surface area contributed by atoms with Gasteiger partial charge in [-0.3, -0.25) is 9.97 Å². The fourth-order valence-electron chi connectivity index (χ4n) is 2.35. The fraction of sp³-hybridized carbons (Fsp3) is 0. The molecular weight excluding hydrogens is 298 g/mol. The molecule has 5 nitrogen and oxygen atoms in total. The summed E-state index contributed by atoms with van der Waals surface area (Å²) in [5, 5.41) is 0. The summed E-state index contributed by atoms with van der Waals surface area (Å²) in [6.07, 6.45) is 6.92. The van der Waals surface area contributed by atoms with E-state index in [1.165, 1.54) is 0 Å². The van der Waals surface area contributed by atoms with Crippen LogP contribution in [0.3, 0.4) is 0 Å². The van der Waals surface area contributed by atoms with Gasteiger partial charge in [-0.1, -0.05) is 30.3 Å². The highest BCUT2D eigenvalue weighted by Gasteiger charge is 2.11. The molecule has 5 heteroatoms. The lowest BCUT2D eigenvalue weighted by molar-refractivity contribution is 1.07. The molecule has 0 amide bonds. The van der Waals surface area contributed by atoms with Gasteiger partial charge in [-0.25, -0.2) is 15.0 Å². The van der Waals surface area contributed by atoms with Crippen molar-refractivity contribution in [3.8, 4) is 34.2 Å². The Morgan fingerprint density at radius 3 is 1.21 bits per heavy atom. The van der Waals surface area contributed by atoms with Crippen molar-refractivity contribution in [3.05, 3.63) is 79.4 Å². The summed E-state index contributed by atoms with van der Waals surface area (Å²) in [4.78, 5) is 22.0. The van der Waals surface area contributed by atoms with Crippen LogP contribution in [0, 0.1) is 0 Å². The summed E-state index contributed by atoms with van der Waals surface area (Å²) in [6.45, 7) is 0. The Labute approximate surface area is 139 Å². The largest absolute Gasteiger partial charge is 0.265 e. The molecule has 0 N–H and O–H groups in total. The molecule has 24 heavy (non-hydrogen) atoms. The predicted molar refractivity (Wildman–Crippen MR) is 91.7 cm³/mol. The van der Waals surface area contributed by atoms with Crippen molar-refractivity contribution in [1.82, 2.24) is 24.9 Å². The summed E-state index contributed by atoms with van der Waals surface area (Å²) < 4.78 is 0. The maximum Gasteiger partial charge on any atom is 0.164 e. The quantitative estimate of drug-likeness (QED) is 0.577. The molecule has 4 aromatic rings. The van der Waals surface area contributed by atoms with E-state index < -0.39 is 0 Å². The number of hydrogen-bond acceptors (Lipinski definition) is 5. The Morgan fingerprint density at radius 1 is 0.417 bits per heavy atom. The Hall–Kier alpha value is -3.47. The van der Waals surface area contributed by atoms with E-state index in [2.05, 4.69) is 24.9 Å². The highest BCUT2D eigenvalue weighted by molar-refractivity contribution is 5.65. The van der Waals surface area contributed by atoms with Crippen LogP contribution in [0.4, 0.5) is 0 Å². The number of hydrogen-bond donors (Lipinski definition) is 0. The van der Waals surface area contributed by atoms with Crippen molar-refractivity contribution < 1.29 is 0 Å². The van der Waals surface area contributed by atoms with E-state index in [4.69, 9.17) is 0 Å². The smallest absolute Gasteiger partial charge is 0.164 e. The van der Waals surface area contributed by atoms with Crippen LogP contribution in [0.1, 0.15) is 0 Å². The highest BCUT2D eigenvalue weighted by atomic mass is 15.0. The lowest BCUT2D eigenvalue weighted by Gasteiger charge is -2.07. The topological polar surface area (TPSA) is 64.5 Å². The standard InChI is InChI=1S/C19H13N5/c1-2-4-14(5-3-1)17-22-18(15-6-10-20-11-7-15)24-19(23-17)16-8-12-21-13-9-16/h1-13H. The van der Waals surface area contributed by atoms with Crippen LogP contribution in [0.5, 0.6) is 0 Å². The van der Waals surface area contributed by atoms with Gasteiger partial charge < -0.3 is 0 Å². The molecule has 0 spiro atoms. The number of aromatic nitrogens is 5. The second-order valence-electron chi connectivity index (χ2n) is 5.14. The molecule has 0 saturated heterocycles. The van der Waals surface area contributed by atoms with E-state index in [0.717, 1.165) is 16.7 Å². The Bertz CT molecular complexity index is 801. The highest BCUT2D eigenvalue weighted by Crippen LogP contribution is 2.23. The van der Waals surface area contributed by atoms with Gasteiger partial charge >= 0.3 is 0 Å². The van der Waals surface area contributed by atoms with Gasteiger partial charge in [0, 0.05) is 41.5 Å². The first-order chi connectivity index (χ1) is 11.9. The van der Waals surface area contributed by atoms with Crippen molar-refractivity contribution in [3.63, 3.8) is 0 Å². The molecule has 114 valence electrons. The van der Waals surface area contributed by atoms with Gasteiger partial charge in [0.05, 0.1) is 0 Å². The van der Waals surface area contributed by atoms with Gasteiger partial charge in [-0.05, 0) is 24.3 Å². The van der Waals surface area contributed by atoms with Gasteiger partial charge in [0.2, 0.25) is 0 Å². The van der Waals surface area contributed by atoms with Gasteiger partial charge in [0.15, 0.2) is 17.5 Å². The summed E-state index contributed by atoms with van der Waals surface area (Å²) in [6, 6.07) is 17.4. The number of rotatable bonds is 3. The molecule has 0 aliphatic carbocycles. The molecule has 0 saturated carbocycles. The van der Waals surface area contributed by atoms with Crippen LogP contribution >= 0.6 is 0 Å². The van der Waals surface area contributed by atoms with Gasteiger partial charge in [-0.2, -0.15) is 0 Å². The third-order valence-electron chi connectivity index (χ3n) is 3.54. The minimum absolute atomic E-state index is 0.623. The van der Waals surface area contributed by atoms with Crippen molar-refractivity contribution in [2.45, 2.75) is 0 Å². The molecule has 0 aliphatic rings. The molecule has 0 radical (unpaired) electrons. The summed E-state index contributed by atoms with van der Waals surface area (Å²) in [7, 11) is 0. The average Bonchev–Trinajstić information content (AvgIpc) is 2.70. The normalized spacial score (nSPS) is 10.5. The van der Waals surface area contributed by atoms with E-state index in [0.29, 0.717) is 17.5 Å². The van der Waals surface area contributed by atoms with E-state index in [-0.39, 0.29) is 0 Å². The monoisotopic (exact) mass is 311 g/mol. The van der Waals surface area contributed by atoms with Gasteiger partial charge in [-0.15, -0.1) is 0 Å². The maximum absolute atomic E-state index is 4.63. The minimum atomic E-state index is 0.623. The summed E-state index contributed by atoms with van der Waals surface area (Å²) >= 11 is 0. The summed E-state index contributed by atoms with van der Waals surface area (Å²) in [5.41, 5.74) is 2.75. The van der Waals surface area contributed by atoms with Gasteiger partial charge in [0.1, 0.15) is 0 Å². The molecule has 0 fully saturated rings. The zero-order valence-corrected chi connectivity index (χ0v) is 12.7. The number of benzene rings is 1. The Morgan fingerprint density at radius 2 is 0.792 bits per heavy atom. The van der Waals surface area contributed by atoms with Crippen LogP contribution < -0.4 is 0 Å². The molecule has 3 aromatic heterocycles. The van der Waals surface area contributed by atoms with Crippen LogP contribution in [0.15, 0.2) is 79.4 Å². The Kier molecular flexibility index (Phi) is 3.73. The van der Waals surface area contributed by atoms with Crippen LogP contribution in [0.2, 0.25) is 0 Å². The Balaban J connectivity index is 1.92. The first-order valence-electron chi connectivity index (χ1n) is 7.52.